The highest BCUT2D eigenvalue weighted by Gasteiger charge is 2.29. The number of aliphatic hydroxyl groups is 1. The molecule has 1 amide bonds. The molecule has 0 aliphatic carbocycles. The number of alkyl carbamates (subject to hydrolysis) is 1. The molecule has 0 radical (unpaired) electrons. The second-order valence-corrected chi connectivity index (χ2v) is 10.4. The topological polar surface area (TPSA) is 94.1 Å². The second-order valence-electron chi connectivity index (χ2n) is 10.4. The number of hydrogen-bond acceptors (Lipinski definition) is 6. The summed E-state index contributed by atoms with van der Waals surface area (Å²) in [4.78, 5) is 24.4. The molecule has 7 nitrogen and oxygen atoms in total. The van der Waals surface area contributed by atoms with Crippen molar-refractivity contribution in [3.05, 3.63) is 35.9 Å². The average Bonchev–Trinajstić information content (AvgIpc) is 2.74. The fourth-order valence-electron chi connectivity index (χ4n) is 3.83. The molecule has 0 saturated carbocycles. The van der Waals surface area contributed by atoms with E-state index in [2.05, 4.69) is 19.2 Å². The SMILES string of the molecule is COC(=O)C(CCCC(OCc1ccccc1)C(CCC(C)C)[C@H](C)O)NC(=O)OC(C)(C)C. The standard InChI is InChI=1S/C27H45NO6/c1-19(2)16-17-22(20(3)29)24(33-18-21-12-9-8-10-13-21)15-11-14-23(25(30)32-7)28-26(31)34-27(4,5)6/h8-10,12-13,19-20,22-24,29H,11,14-18H2,1-7H3,(H,28,31)/t20-,22?,23?,24?/m0/s1. The lowest BCUT2D eigenvalue weighted by atomic mass is 9.86. The van der Waals surface area contributed by atoms with E-state index < -0.39 is 29.8 Å². The number of esters is 1. The van der Waals surface area contributed by atoms with Crippen molar-refractivity contribution in [1.82, 2.24) is 5.32 Å². The summed E-state index contributed by atoms with van der Waals surface area (Å²) in [6.07, 6.45) is 2.13. The van der Waals surface area contributed by atoms with Gasteiger partial charge in [-0.15, -0.1) is 0 Å². The molecule has 0 bridgehead atoms. The number of nitrogens with one attached hydrogen (secondary N) is 1. The molecular weight excluding hydrogens is 434 g/mol. The lowest BCUT2D eigenvalue weighted by Crippen LogP contribution is -2.44. The van der Waals surface area contributed by atoms with Crippen LogP contribution in [0.25, 0.3) is 0 Å². The molecule has 194 valence electrons. The van der Waals surface area contributed by atoms with Crippen molar-refractivity contribution in [3.8, 4) is 0 Å². The minimum atomic E-state index is -0.810. The lowest BCUT2D eigenvalue weighted by Gasteiger charge is -2.31. The number of ether oxygens (including phenoxy) is 3. The summed E-state index contributed by atoms with van der Waals surface area (Å²) in [5.74, 6) is -0.0150. The molecule has 1 rings (SSSR count). The van der Waals surface area contributed by atoms with Gasteiger partial charge in [-0.05, 0) is 64.9 Å². The first-order chi connectivity index (χ1) is 15.9. The summed E-state index contributed by atoms with van der Waals surface area (Å²) in [7, 11) is 1.30. The predicted molar refractivity (Wildman–Crippen MR) is 133 cm³/mol. The van der Waals surface area contributed by atoms with Crippen molar-refractivity contribution >= 4 is 12.1 Å². The number of hydrogen-bond donors (Lipinski definition) is 2. The van der Waals surface area contributed by atoms with Crippen LogP contribution >= 0.6 is 0 Å². The van der Waals surface area contributed by atoms with E-state index in [1.54, 1.807) is 20.8 Å². The van der Waals surface area contributed by atoms with Gasteiger partial charge >= 0.3 is 12.1 Å². The number of rotatable bonds is 14. The molecule has 0 aliphatic heterocycles. The van der Waals surface area contributed by atoms with Crippen LogP contribution in [-0.2, 0) is 25.6 Å². The number of carbonyl (C=O) groups is 2. The Hall–Kier alpha value is -2.12. The van der Waals surface area contributed by atoms with E-state index >= 15 is 0 Å². The molecule has 0 aromatic heterocycles. The molecule has 34 heavy (non-hydrogen) atoms. The Balaban J connectivity index is 2.85. The van der Waals surface area contributed by atoms with Crippen molar-refractivity contribution in [2.24, 2.45) is 11.8 Å². The Kier molecular flexibility index (Phi) is 13.2. The van der Waals surface area contributed by atoms with Crippen LogP contribution < -0.4 is 5.32 Å². The normalized spacial score (nSPS) is 15.3. The van der Waals surface area contributed by atoms with Crippen LogP contribution in [0, 0.1) is 11.8 Å². The molecule has 1 aromatic rings. The Morgan fingerprint density at radius 2 is 1.65 bits per heavy atom. The van der Waals surface area contributed by atoms with E-state index in [9.17, 15) is 14.7 Å². The Labute approximate surface area is 205 Å². The van der Waals surface area contributed by atoms with Crippen LogP contribution in [0.2, 0.25) is 0 Å². The van der Waals surface area contributed by atoms with Gasteiger partial charge < -0.3 is 24.6 Å². The maximum absolute atomic E-state index is 12.3. The molecule has 0 spiro atoms. The zero-order valence-corrected chi connectivity index (χ0v) is 22.0. The minimum absolute atomic E-state index is 0.0264. The predicted octanol–water partition coefficient (Wildman–Crippen LogP) is 5.24. The van der Waals surface area contributed by atoms with Gasteiger partial charge in [0.15, 0.2) is 0 Å². The van der Waals surface area contributed by atoms with Crippen LogP contribution in [0.4, 0.5) is 4.79 Å². The number of amides is 1. The van der Waals surface area contributed by atoms with Crippen LogP contribution in [-0.4, -0.2) is 48.1 Å². The lowest BCUT2D eigenvalue weighted by molar-refractivity contribution is -0.143. The summed E-state index contributed by atoms with van der Waals surface area (Å²) in [5.41, 5.74) is 0.405. The first kappa shape index (κ1) is 29.9. The monoisotopic (exact) mass is 479 g/mol. The molecule has 2 N–H and O–H groups in total. The van der Waals surface area contributed by atoms with Crippen LogP contribution in [0.1, 0.15) is 79.2 Å². The van der Waals surface area contributed by atoms with Crippen LogP contribution in [0.3, 0.4) is 0 Å². The van der Waals surface area contributed by atoms with Gasteiger partial charge in [-0.2, -0.15) is 0 Å². The van der Waals surface area contributed by atoms with Gasteiger partial charge in [-0.1, -0.05) is 50.6 Å². The number of benzene rings is 1. The highest BCUT2D eigenvalue weighted by molar-refractivity contribution is 5.81. The van der Waals surface area contributed by atoms with Crippen molar-refractivity contribution in [2.45, 2.75) is 104 Å². The number of carbonyl (C=O) groups excluding carboxylic acids is 2. The smallest absolute Gasteiger partial charge is 0.408 e. The third-order valence-electron chi connectivity index (χ3n) is 5.64. The van der Waals surface area contributed by atoms with Gasteiger partial charge in [0.1, 0.15) is 11.6 Å². The third kappa shape index (κ3) is 12.4. The van der Waals surface area contributed by atoms with Crippen LogP contribution in [0.15, 0.2) is 30.3 Å². The van der Waals surface area contributed by atoms with E-state index in [0.717, 1.165) is 18.4 Å². The molecular formula is C27H45NO6. The first-order valence-electron chi connectivity index (χ1n) is 12.3. The van der Waals surface area contributed by atoms with Gasteiger partial charge in [-0.25, -0.2) is 9.59 Å². The Morgan fingerprint density at radius 1 is 1.00 bits per heavy atom. The molecule has 0 fully saturated rings. The van der Waals surface area contributed by atoms with Crippen molar-refractivity contribution in [2.75, 3.05) is 7.11 Å². The summed E-state index contributed by atoms with van der Waals surface area (Å²) >= 11 is 0. The zero-order chi connectivity index (χ0) is 25.7. The quantitative estimate of drug-likeness (QED) is 0.354. The van der Waals surface area contributed by atoms with Gasteiger partial charge in [0.25, 0.3) is 0 Å². The van der Waals surface area contributed by atoms with Crippen molar-refractivity contribution in [1.29, 1.82) is 0 Å². The molecule has 0 aliphatic rings. The number of aliphatic hydroxyl groups excluding tert-OH is 1. The summed E-state index contributed by atoms with van der Waals surface area (Å²) in [6, 6.07) is 9.13. The van der Waals surface area contributed by atoms with Gasteiger partial charge in [0, 0.05) is 5.92 Å². The van der Waals surface area contributed by atoms with Gasteiger partial charge in [-0.3, -0.25) is 0 Å². The van der Waals surface area contributed by atoms with E-state index in [1.807, 2.05) is 37.3 Å². The molecule has 1 aromatic carbocycles. The second kappa shape index (κ2) is 15.0. The van der Waals surface area contributed by atoms with E-state index in [0.29, 0.717) is 31.8 Å². The highest BCUT2D eigenvalue weighted by atomic mass is 16.6. The average molecular weight is 480 g/mol. The molecule has 3 unspecified atom stereocenters. The first-order valence-corrected chi connectivity index (χ1v) is 12.3. The van der Waals surface area contributed by atoms with Gasteiger partial charge in [0.05, 0.1) is 25.9 Å². The van der Waals surface area contributed by atoms with Gasteiger partial charge in [0.2, 0.25) is 0 Å². The largest absolute Gasteiger partial charge is 0.467 e. The summed E-state index contributed by atoms with van der Waals surface area (Å²) in [6.45, 7) is 11.9. The van der Waals surface area contributed by atoms with Crippen molar-refractivity contribution in [3.63, 3.8) is 0 Å². The zero-order valence-electron chi connectivity index (χ0n) is 22.0. The fraction of sp³-hybridized carbons (Fsp3) is 0.704. The highest BCUT2D eigenvalue weighted by Crippen LogP contribution is 2.26. The molecule has 0 saturated heterocycles. The fourth-order valence-corrected chi connectivity index (χ4v) is 3.83. The van der Waals surface area contributed by atoms with E-state index in [1.165, 1.54) is 7.11 Å². The summed E-state index contributed by atoms with van der Waals surface area (Å²) in [5, 5.41) is 13.1. The minimum Gasteiger partial charge on any atom is -0.467 e. The molecule has 7 heteroatoms. The third-order valence-corrected chi connectivity index (χ3v) is 5.64. The van der Waals surface area contributed by atoms with Crippen molar-refractivity contribution < 1.29 is 28.9 Å². The molecule has 0 heterocycles. The van der Waals surface area contributed by atoms with E-state index in [4.69, 9.17) is 14.2 Å². The molecule has 4 atom stereocenters. The maximum Gasteiger partial charge on any atom is 0.408 e. The maximum atomic E-state index is 12.3. The Bertz CT molecular complexity index is 714. The Morgan fingerprint density at radius 3 is 2.18 bits per heavy atom. The number of methoxy groups -OCH3 is 1. The summed E-state index contributed by atoms with van der Waals surface area (Å²) < 4.78 is 16.5. The van der Waals surface area contributed by atoms with Crippen LogP contribution in [0.5, 0.6) is 0 Å². The van der Waals surface area contributed by atoms with E-state index in [-0.39, 0.29) is 12.0 Å².